The number of phenolic OH excluding ortho intramolecular Hbond substituents is 1. The topological polar surface area (TPSA) is 79.3 Å². The van der Waals surface area contributed by atoms with Gasteiger partial charge in [0.2, 0.25) is 0 Å². The fraction of sp³-hybridized carbons (Fsp3) is 0.364. The van der Waals surface area contributed by atoms with Crippen LogP contribution in [0.4, 0.5) is 0 Å². The van der Waals surface area contributed by atoms with E-state index in [2.05, 4.69) is 0 Å². The molecule has 3 rings (SSSR count). The monoisotopic (exact) mass is 432 g/mol. The molecular formula is C22H25ClN2O5. The number of carbonyl (C=O) groups is 2. The van der Waals surface area contributed by atoms with Crippen molar-refractivity contribution >= 4 is 23.4 Å². The lowest BCUT2D eigenvalue weighted by Gasteiger charge is -2.25. The Morgan fingerprint density at radius 2 is 1.70 bits per heavy atom. The quantitative estimate of drug-likeness (QED) is 0.784. The van der Waals surface area contributed by atoms with Crippen LogP contribution in [0.5, 0.6) is 17.2 Å². The smallest absolute Gasteiger partial charge is 0.263 e. The molecule has 8 heteroatoms. The van der Waals surface area contributed by atoms with E-state index >= 15 is 0 Å². The predicted molar refractivity (Wildman–Crippen MR) is 113 cm³/mol. The Kier molecular flexibility index (Phi) is 7.05. The van der Waals surface area contributed by atoms with Crippen molar-refractivity contribution < 1.29 is 24.2 Å². The molecule has 2 aromatic rings. The van der Waals surface area contributed by atoms with Gasteiger partial charge in [0.05, 0.1) is 12.7 Å². The highest BCUT2D eigenvalue weighted by molar-refractivity contribution is 6.31. The Bertz CT molecular complexity index is 903. The normalized spacial score (nSPS) is 15.3. The van der Waals surface area contributed by atoms with Crippen LogP contribution in [0.25, 0.3) is 0 Å². The summed E-state index contributed by atoms with van der Waals surface area (Å²) in [5.41, 5.74) is 0.411. The third-order valence-corrected chi connectivity index (χ3v) is 5.22. The molecule has 1 aliphatic heterocycles. The van der Waals surface area contributed by atoms with Gasteiger partial charge in [-0.15, -0.1) is 0 Å². The molecule has 0 aliphatic carbocycles. The average molecular weight is 433 g/mol. The Labute approximate surface area is 180 Å². The first kappa shape index (κ1) is 21.8. The molecular weight excluding hydrogens is 408 g/mol. The summed E-state index contributed by atoms with van der Waals surface area (Å²) < 4.78 is 11.0. The van der Waals surface area contributed by atoms with Crippen molar-refractivity contribution in [1.29, 1.82) is 0 Å². The van der Waals surface area contributed by atoms with Crippen LogP contribution in [0.1, 0.15) is 23.7 Å². The first-order valence-electron chi connectivity index (χ1n) is 9.76. The van der Waals surface area contributed by atoms with E-state index < -0.39 is 6.10 Å². The Morgan fingerprint density at radius 3 is 2.40 bits per heavy atom. The van der Waals surface area contributed by atoms with Crippen LogP contribution in [-0.2, 0) is 4.79 Å². The third kappa shape index (κ3) is 5.16. The second-order valence-electron chi connectivity index (χ2n) is 7.07. The SMILES string of the molecule is COc1ccc(Cl)cc1C(=O)N1CCCN(C(=O)C(C)Oc2ccc(O)cc2)CC1. The molecule has 1 fully saturated rings. The van der Waals surface area contributed by atoms with E-state index in [4.69, 9.17) is 21.1 Å². The zero-order chi connectivity index (χ0) is 21.7. The van der Waals surface area contributed by atoms with Crippen molar-refractivity contribution in [3.63, 3.8) is 0 Å². The van der Waals surface area contributed by atoms with Crippen molar-refractivity contribution in [3.05, 3.63) is 53.1 Å². The standard InChI is InChI=1S/C22H25ClN2O5/c1-15(30-18-7-5-17(26)6-8-18)21(27)24-10-3-11-25(13-12-24)22(28)19-14-16(23)4-9-20(19)29-2/h4-9,14-15,26H,3,10-13H2,1-2H3. The first-order chi connectivity index (χ1) is 14.4. The number of aromatic hydroxyl groups is 1. The number of ether oxygens (including phenoxy) is 2. The van der Waals surface area contributed by atoms with Gasteiger partial charge >= 0.3 is 0 Å². The summed E-state index contributed by atoms with van der Waals surface area (Å²) in [6.45, 7) is 3.59. The molecule has 2 amide bonds. The minimum absolute atomic E-state index is 0.134. The van der Waals surface area contributed by atoms with Crippen molar-refractivity contribution in [2.45, 2.75) is 19.4 Å². The van der Waals surface area contributed by atoms with Gasteiger partial charge in [-0.05, 0) is 55.8 Å². The maximum absolute atomic E-state index is 13.0. The molecule has 160 valence electrons. The maximum Gasteiger partial charge on any atom is 0.263 e. The molecule has 1 saturated heterocycles. The van der Waals surface area contributed by atoms with Crippen LogP contribution in [0, 0.1) is 0 Å². The number of phenols is 1. The lowest BCUT2D eigenvalue weighted by atomic mass is 10.1. The van der Waals surface area contributed by atoms with E-state index in [-0.39, 0.29) is 17.6 Å². The number of carbonyl (C=O) groups excluding carboxylic acids is 2. The fourth-order valence-corrected chi connectivity index (χ4v) is 3.57. The van der Waals surface area contributed by atoms with Gasteiger partial charge in [-0.3, -0.25) is 9.59 Å². The molecule has 0 saturated carbocycles. The van der Waals surface area contributed by atoms with Gasteiger partial charge in [0, 0.05) is 31.2 Å². The zero-order valence-corrected chi connectivity index (χ0v) is 17.8. The van der Waals surface area contributed by atoms with Crippen molar-refractivity contribution in [3.8, 4) is 17.2 Å². The predicted octanol–water partition coefficient (Wildman–Crippen LogP) is 3.20. The summed E-state index contributed by atoms with van der Waals surface area (Å²) in [6.07, 6.45) is -0.0171. The summed E-state index contributed by atoms with van der Waals surface area (Å²) in [5.74, 6) is 0.801. The molecule has 0 spiro atoms. The van der Waals surface area contributed by atoms with Crippen LogP contribution >= 0.6 is 11.6 Å². The molecule has 1 aliphatic rings. The molecule has 0 aromatic heterocycles. The number of methoxy groups -OCH3 is 1. The molecule has 0 radical (unpaired) electrons. The van der Waals surface area contributed by atoms with Crippen LogP contribution < -0.4 is 9.47 Å². The molecule has 1 unspecified atom stereocenters. The number of hydrogen-bond acceptors (Lipinski definition) is 5. The molecule has 1 atom stereocenters. The molecule has 2 aromatic carbocycles. The largest absolute Gasteiger partial charge is 0.508 e. The minimum atomic E-state index is -0.676. The Morgan fingerprint density at radius 1 is 1.03 bits per heavy atom. The summed E-state index contributed by atoms with van der Waals surface area (Å²) in [5, 5.41) is 9.82. The number of hydrogen-bond donors (Lipinski definition) is 1. The summed E-state index contributed by atoms with van der Waals surface area (Å²) in [4.78, 5) is 29.3. The fourth-order valence-electron chi connectivity index (χ4n) is 3.39. The van der Waals surface area contributed by atoms with E-state index in [1.54, 1.807) is 47.1 Å². The van der Waals surface area contributed by atoms with E-state index in [0.29, 0.717) is 54.7 Å². The van der Waals surface area contributed by atoms with Gasteiger partial charge in [0.15, 0.2) is 6.10 Å². The number of benzene rings is 2. The second kappa shape index (κ2) is 9.71. The van der Waals surface area contributed by atoms with Gasteiger partial charge < -0.3 is 24.4 Å². The lowest BCUT2D eigenvalue weighted by molar-refractivity contribution is -0.137. The first-order valence-corrected chi connectivity index (χ1v) is 10.1. The van der Waals surface area contributed by atoms with Crippen LogP contribution in [0.2, 0.25) is 5.02 Å². The molecule has 1 heterocycles. The van der Waals surface area contributed by atoms with Gasteiger partial charge in [-0.2, -0.15) is 0 Å². The molecule has 7 nitrogen and oxygen atoms in total. The van der Waals surface area contributed by atoms with E-state index in [1.165, 1.54) is 19.2 Å². The van der Waals surface area contributed by atoms with Crippen LogP contribution in [-0.4, -0.2) is 66.1 Å². The lowest BCUT2D eigenvalue weighted by Crippen LogP contribution is -2.43. The van der Waals surface area contributed by atoms with E-state index in [9.17, 15) is 14.7 Å². The van der Waals surface area contributed by atoms with Crippen molar-refractivity contribution in [1.82, 2.24) is 9.80 Å². The van der Waals surface area contributed by atoms with Crippen molar-refractivity contribution in [2.75, 3.05) is 33.3 Å². The van der Waals surface area contributed by atoms with Gasteiger partial charge in [0.1, 0.15) is 17.2 Å². The van der Waals surface area contributed by atoms with E-state index in [0.717, 1.165) is 0 Å². The second-order valence-corrected chi connectivity index (χ2v) is 7.51. The highest BCUT2D eigenvalue weighted by Crippen LogP contribution is 2.25. The minimum Gasteiger partial charge on any atom is -0.508 e. The number of amides is 2. The molecule has 1 N–H and O–H groups in total. The van der Waals surface area contributed by atoms with Crippen molar-refractivity contribution in [2.24, 2.45) is 0 Å². The van der Waals surface area contributed by atoms with Gasteiger partial charge in [-0.1, -0.05) is 11.6 Å². The summed E-state index contributed by atoms with van der Waals surface area (Å²) >= 11 is 6.06. The summed E-state index contributed by atoms with van der Waals surface area (Å²) in [7, 11) is 1.51. The third-order valence-electron chi connectivity index (χ3n) is 4.98. The maximum atomic E-state index is 13.0. The van der Waals surface area contributed by atoms with Crippen LogP contribution in [0.3, 0.4) is 0 Å². The molecule has 0 bridgehead atoms. The van der Waals surface area contributed by atoms with Gasteiger partial charge in [0.25, 0.3) is 11.8 Å². The van der Waals surface area contributed by atoms with E-state index in [1.807, 2.05) is 0 Å². The summed E-state index contributed by atoms with van der Waals surface area (Å²) in [6, 6.07) is 11.2. The molecule has 30 heavy (non-hydrogen) atoms. The highest BCUT2D eigenvalue weighted by Gasteiger charge is 2.27. The number of halogens is 1. The zero-order valence-electron chi connectivity index (χ0n) is 17.0. The number of rotatable bonds is 5. The average Bonchev–Trinajstić information content (AvgIpc) is 3.00. The Hall–Kier alpha value is -2.93. The van der Waals surface area contributed by atoms with Crippen LogP contribution in [0.15, 0.2) is 42.5 Å². The Balaban J connectivity index is 1.62. The number of nitrogens with zero attached hydrogens (tertiary/aromatic N) is 2. The van der Waals surface area contributed by atoms with Gasteiger partial charge in [-0.25, -0.2) is 0 Å². The highest BCUT2D eigenvalue weighted by atomic mass is 35.5.